The molecule has 2 fully saturated rings. The lowest BCUT2D eigenvalue weighted by Gasteiger charge is -2.30. The van der Waals surface area contributed by atoms with Crippen LogP contribution in [-0.2, 0) is 19.2 Å². The molecular weight excluding hydrogens is 626 g/mol. The van der Waals surface area contributed by atoms with Gasteiger partial charge in [-0.25, -0.2) is 0 Å². The molecule has 0 saturated carbocycles. The summed E-state index contributed by atoms with van der Waals surface area (Å²) in [6, 6.07) is 0.0362. The molecule has 0 aromatic rings. The minimum Gasteiger partial charge on any atom is -0.354 e. The maximum atomic E-state index is 13.3. The Labute approximate surface area is 308 Å². The molecular formula is C41H79N5O4. The minimum atomic E-state index is -0.437. The molecule has 0 spiro atoms. The Balaban J connectivity index is 0.00000153. The molecule has 0 aromatic heterocycles. The first-order valence-electron chi connectivity index (χ1n) is 20.2. The molecule has 2 aliphatic rings. The van der Waals surface area contributed by atoms with Crippen molar-refractivity contribution in [1.82, 2.24) is 25.3 Å². The Bertz CT molecular complexity index is 942. The lowest BCUT2D eigenvalue weighted by atomic mass is 9.99. The summed E-state index contributed by atoms with van der Waals surface area (Å²) in [6.45, 7) is 22.8. The molecule has 0 aromatic carbocycles. The van der Waals surface area contributed by atoms with Gasteiger partial charge in [-0.05, 0) is 77.8 Å². The van der Waals surface area contributed by atoms with Crippen LogP contribution in [0.3, 0.4) is 0 Å². The maximum Gasteiger partial charge on any atom is 0.249 e. The number of unbranched alkanes of at least 4 members (excludes halogenated alkanes) is 9. The number of carbonyl (C=O) groups is 4. The minimum absolute atomic E-state index is 0.0674. The van der Waals surface area contributed by atoms with Crippen LogP contribution in [0.15, 0.2) is 11.6 Å². The highest BCUT2D eigenvalue weighted by molar-refractivity contribution is 5.97. The van der Waals surface area contributed by atoms with Crippen molar-refractivity contribution in [1.29, 1.82) is 0 Å². The topological polar surface area (TPSA) is 102 Å². The quantitative estimate of drug-likeness (QED) is 0.0767. The van der Waals surface area contributed by atoms with Crippen molar-refractivity contribution in [2.45, 2.75) is 177 Å². The van der Waals surface area contributed by atoms with Crippen molar-refractivity contribution in [3.63, 3.8) is 0 Å². The molecule has 2 heterocycles. The summed E-state index contributed by atoms with van der Waals surface area (Å²) in [6.07, 6.45) is 20.6. The second-order valence-electron chi connectivity index (χ2n) is 15.6. The molecule has 9 heteroatoms. The maximum absolute atomic E-state index is 13.3. The van der Waals surface area contributed by atoms with Crippen molar-refractivity contribution in [2.24, 2.45) is 11.8 Å². The molecule has 2 aliphatic heterocycles. The molecule has 0 aliphatic carbocycles. The van der Waals surface area contributed by atoms with Crippen LogP contribution >= 0.6 is 0 Å². The summed E-state index contributed by atoms with van der Waals surface area (Å²) in [5, 5.41) is 5.44. The van der Waals surface area contributed by atoms with E-state index in [4.69, 9.17) is 0 Å². The molecule has 9 nitrogen and oxygen atoms in total. The molecule has 292 valence electrons. The molecule has 2 saturated heterocycles. The molecule has 0 bridgehead atoms. The predicted octanol–water partition coefficient (Wildman–Crippen LogP) is 7.73. The fourth-order valence-electron chi connectivity index (χ4n) is 6.38. The van der Waals surface area contributed by atoms with Gasteiger partial charge >= 0.3 is 0 Å². The number of likely N-dealkylation sites (N-methyl/N-ethyl adjacent to an activating group) is 1. The second kappa shape index (κ2) is 29.2. The number of carbonyl (C=O) groups excluding carboxylic acids is 4. The van der Waals surface area contributed by atoms with Gasteiger partial charge in [-0.3, -0.25) is 19.2 Å². The molecule has 50 heavy (non-hydrogen) atoms. The van der Waals surface area contributed by atoms with E-state index >= 15 is 0 Å². The van der Waals surface area contributed by atoms with Crippen molar-refractivity contribution in [2.75, 3.05) is 39.8 Å². The number of hydrogen-bond acceptors (Lipinski definition) is 5. The monoisotopic (exact) mass is 706 g/mol. The summed E-state index contributed by atoms with van der Waals surface area (Å²) in [5.41, 5.74) is 0.524. The van der Waals surface area contributed by atoms with Gasteiger partial charge in [0.25, 0.3) is 0 Å². The number of likely N-dealkylation sites (tertiary alicyclic amines) is 2. The zero-order valence-electron chi connectivity index (χ0n) is 34.2. The summed E-state index contributed by atoms with van der Waals surface area (Å²) >= 11 is 0. The van der Waals surface area contributed by atoms with E-state index in [0.29, 0.717) is 31.5 Å². The van der Waals surface area contributed by atoms with Gasteiger partial charge in [0.1, 0.15) is 6.04 Å². The predicted molar refractivity (Wildman–Crippen MR) is 210 cm³/mol. The lowest BCUT2D eigenvalue weighted by molar-refractivity contribution is -0.135. The molecule has 2 N–H and O–H groups in total. The fraction of sp³-hybridized carbons (Fsp3) is 0.854. The van der Waals surface area contributed by atoms with E-state index in [1.165, 1.54) is 83.7 Å². The summed E-state index contributed by atoms with van der Waals surface area (Å²) < 4.78 is 0. The number of rotatable bonds is 20. The molecule has 4 amide bonds. The number of piperidine rings is 1. The number of hydrogen-bond donors (Lipinski definition) is 2. The third kappa shape index (κ3) is 21.7. The SMILES string of the molecule is CC(C)C.CC(C)N1CCCCC1.CCCCCCCCCCCCNC(=O)[C@@H]1CCCN1C(=O)/C(C)=C/[C@H](C(C)C)N(C)C(=O)CNC=O. The standard InChI is InChI=1S/C29H52N4O4.C8H17N.C4H10/c1-6-7-8-9-10-11-12-13-14-15-18-31-28(36)25-17-16-19-33(25)29(37)24(4)20-26(23(2)3)32(5)27(35)21-30-22-34;1-8(2)9-6-4-3-5-7-9;1-4(2)3/h20,22-23,25-26H,6-19,21H2,1-5H3,(H,30,34)(H,31,36);8H,3-7H2,1-2H3;4H,1-3H3/b24-20+;;/t25-,26+;;/m0../s1. The third-order valence-electron chi connectivity index (χ3n) is 9.39. The van der Waals surface area contributed by atoms with Crippen LogP contribution in [0, 0.1) is 11.8 Å². The average molecular weight is 706 g/mol. The third-order valence-corrected chi connectivity index (χ3v) is 9.39. The van der Waals surface area contributed by atoms with Gasteiger partial charge in [0.15, 0.2) is 0 Å². The Morgan fingerprint density at radius 1 is 0.800 bits per heavy atom. The lowest BCUT2D eigenvalue weighted by Crippen LogP contribution is -2.47. The largest absolute Gasteiger partial charge is 0.354 e. The van der Waals surface area contributed by atoms with Crippen LogP contribution in [0.25, 0.3) is 0 Å². The zero-order valence-corrected chi connectivity index (χ0v) is 34.2. The average Bonchev–Trinajstić information content (AvgIpc) is 3.58. The highest BCUT2D eigenvalue weighted by Gasteiger charge is 2.35. The van der Waals surface area contributed by atoms with Crippen LogP contribution in [0.2, 0.25) is 0 Å². The van der Waals surface area contributed by atoms with Gasteiger partial charge in [-0.2, -0.15) is 0 Å². The Morgan fingerprint density at radius 3 is 1.82 bits per heavy atom. The van der Waals surface area contributed by atoms with E-state index in [1.54, 1.807) is 23.8 Å². The number of nitrogens with one attached hydrogen (secondary N) is 2. The first kappa shape index (κ1) is 47.6. The first-order chi connectivity index (χ1) is 23.8. The van der Waals surface area contributed by atoms with E-state index in [0.717, 1.165) is 31.2 Å². The molecule has 2 atom stereocenters. The van der Waals surface area contributed by atoms with Crippen LogP contribution in [0.1, 0.15) is 159 Å². The first-order valence-corrected chi connectivity index (χ1v) is 20.2. The second-order valence-corrected chi connectivity index (χ2v) is 15.6. The van der Waals surface area contributed by atoms with E-state index in [9.17, 15) is 19.2 Å². The summed E-state index contributed by atoms with van der Waals surface area (Å²) in [7, 11) is 1.67. The van der Waals surface area contributed by atoms with Gasteiger partial charge < -0.3 is 25.3 Å². The van der Waals surface area contributed by atoms with Crippen LogP contribution in [-0.4, -0.2) is 96.7 Å². The molecule has 2 rings (SSSR count). The van der Waals surface area contributed by atoms with Crippen LogP contribution < -0.4 is 10.6 Å². The van der Waals surface area contributed by atoms with Crippen LogP contribution in [0.4, 0.5) is 0 Å². The molecule has 0 unspecified atom stereocenters. The van der Waals surface area contributed by atoms with Gasteiger partial charge in [-0.15, -0.1) is 0 Å². The fourth-order valence-corrected chi connectivity index (χ4v) is 6.38. The van der Waals surface area contributed by atoms with E-state index in [1.807, 2.05) is 19.9 Å². The smallest absolute Gasteiger partial charge is 0.249 e. The number of nitrogens with zero attached hydrogens (tertiary/aromatic N) is 3. The Kier molecular flexibility index (Phi) is 27.8. The summed E-state index contributed by atoms with van der Waals surface area (Å²) in [4.78, 5) is 54.8. The molecule has 0 radical (unpaired) electrons. The zero-order chi connectivity index (χ0) is 37.9. The highest BCUT2D eigenvalue weighted by Crippen LogP contribution is 2.22. The normalized spacial score (nSPS) is 17.1. The van der Waals surface area contributed by atoms with E-state index < -0.39 is 6.04 Å². The number of amides is 4. The summed E-state index contributed by atoms with van der Waals surface area (Å²) in [5.74, 6) is 0.454. The van der Waals surface area contributed by atoms with E-state index in [-0.39, 0.29) is 36.2 Å². The van der Waals surface area contributed by atoms with Crippen molar-refractivity contribution in [3.8, 4) is 0 Å². The van der Waals surface area contributed by atoms with E-state index in [2.05, 4.69) is 57.1 Å². The van der Waals surface area contributed by atoms with Crippen molar-refractivity contribution < 1.29 is 19.2 Å². The van der Waals surface area contributed by atoms with Crippen molar-refractivity contribution in [3.05, 3.63) is 11.6 Å². The highest BCUT2D eigenvalue weighted by atomic mass is 16.2. The Hall–Kier alpha value is -2.42. The van der Waals surface area contributed by atoms with Gasteiger partial charge in [0.2, 0.25) is 24.1 Å². The van der Waals surface area contributed by atoms with Gasteiger partial charge in [0.05, 0.1) is 12.6 Å². The van der Waals surface area contributed by atoms with Crippen molar-refractivity contribution >= 4 is 24.1 Å². The van der Waals surface area contributed by atoms with Gasteiger partial charge in [-0.1, -0.05) is 112 Å². The Morgan fingerprint density at radius 2 is 1.34 bits per heavy atom. The van der Waals surface area contributed by atoms with Crippen LogP contribution in [0.5, 0.6) is 0 Å². The van der Waals surface area contributed by atoms with Gasteiger partial charge in [0, 0.05) is 31.8 Å².